The van der Waals surface area contributed by atoms with Gasteiger partial charge in [-0.15, -0.1) is 0 Å². The number of hydrogen-bond acceptors (Lipinski definition) is 5. The number of aromatic nitrogens is 2. The van der Waals surface area contributed by atoms with Crippen molar-refractivity contribution in [3.8, 4) is 0 Å². The number of aromatic amines is 1. The Kier molecular flexibility index (Phi) is 3.71. The Bertz CT molecular complexity index is 503. The summed E-state index contributed by atoms with van der Waals surface area (Å²) in [6, 6.07) is -0.336. The number of aliphatic hydroxyl groups excluding tert-OH is 1. The van der Waals surface area contributed by atoms with Gasteiger partial charge in [-0.25, -0.2) is 13.4 Å². The molecular formula is C10H18N4O3S. The molecule has 0 radical (unpaired) electrons. The van der Waals surface area contributed by atoms with Crippen LogP contribution in [0.4, 0.5) is 0 Å². The van der Waals surface area contributed by atoms with Crippen molar-refractivity contribution in [2.24, 2.45) is 5.73 Å². The molecule has 0 spiro atoms. The van der Waals surface area contributed by atoms with Gasteiger partial charge in [-0.3, -0.25) is 0 Å². The first-order valence-electron chi connectivity index (χ1n) is 5.91. The van der Waals surface area contributed by atoms with Crippen LogP contribution >= 0.6 is 0 Å². The second kappa shape index (κ2) is 4.96. The molecule has 18 heavy (non-hydrogen) atoms. The van der Waals surface area contributed by atoms with E-state index in [-0.39, 0.29) is 24.2 Å². The van der Waals surface area contributed by atoms with E-state index in [0.717, 1.165) is 0 Å². The summed E-state index contributed by atoms with van der Waals surface area (Å²) in [5.41, 5.74) is 5.73. The van der Waals surface area contributed by atoms with E-state index in [0.29, 0.717) is 18.7 Å². The maximum Gasteiger partial charge on any atom is 0.260 e. The van der Waals surface area contributed by atoms with Crippen molar-refractivity contribution in [1.82, 2.24) is 14.3 Å². The monoisotopic (exact) mass is 274 g/mol. The van der Waals surface area contributed by atoms with Crippen LogP contribution in [0.1, 0.15) is 19.2 Å². The Morgan fingerprint density at radius 1 is 1.61 bits per heavy atom. The van der Waals surface area contributed by atoms with Gasteiger partial charge in [0.25, 0.3) is 10.0 Å². The molecule has 4 N–H and O–H groups in total. The molecular weight excluding hydrogens is 256 g/mol. The summed E-state index contributed by atoms with van der Waals surface area (Å²) in [7, 11) is -3.64. The van der Waals surface area contributed by atoms with E-state index < -0.39 is 16.1 Å². The molecule has 0 saturated carbocycles. The SMILES string of the molecule is CCc1ncc(S(=O)(=O)N2C[C@@H](N)C[C@@H](O)C2)[nH]1. The minimum atomic E-state index is -3.64. The molecule has 0 bridgehead atoms. The van der Waals surface area contributed by atoms with Crippen LogP contribution in [0.15, 0.2) is 11.2 Å². The Balaban J connectivity index is 2.25. The molecule has 0 aliphatic carbocycles. The summed E-state index contributed by atoms with van der Waals surface area (Å²) in [6.07, 6.45) is 1.66. The normalized spacial score (nSPS) is 26.4. The quantitative estimate of drug-likeness (QED) is 0.658. The maximum atomic E-state index is 12.3. The maximum absolute atomic E-state index is 12.3. The third-order valence-corrected chi connectivity index (χ3v) is 4.73. The number of piperidine rings is 1. The highest BCUT2D eigenvalue weighted by atomic mass is 32.2. The Morgan fingerprint density at radius 3 is 2.89 bits per heavy atom. The summed E-state index contributed by atoms with van der Waals surface area (Å²) in [6.45, 7) is 2.19. The first-order valence-corrected chi connectivity index (χ1v) is 7.35. The van der Waals surface area contributed by atoms with Crippen LogP contribution in [-0.2, 0) is 16.4 Å². The van der Waals surface area contributed by atoms with Crippen LogP contribution in [0, 0.1) is 0 Å². The fourth-order valence-electron chi connectivity index (χ4n) is 2.06. The van der Waals surface area contributed by atoms with Crippen molar-refractivity contribution in [2.45, 2.75) is 36.9 Å². The molecule has 1 aromatic rings. The first kappa shape index (κ1) is 13.5. The number of nitrogens with two attached hydrogens (primary N) is 1. The van der Waals surface area contributed by atoms with Gasteiger partial charge in [0.1, 0.15) is 5.82 Å². The lowest BCUT2D eigenvalue weighted by molar-refractivity contribution is 0.0973. The van der Waals surface area contributed by atoms with Gasteiger partial charge in [0, 0.05) is 25.6 Å². The van der Waals surface area contributed by atoms with Gasteiger partial charge in [-0.1, -0.05) is 6.92 Å². The van der Waals surface area contributed by atoms with Gasteiger partial charge >= 0.3 is 0 Å². The zero-order chi connectivity index (χ0) is 13.3. The Hall–Kier alpha value is -0.960. The van der Waals surface area contributed by atoms with Crippen LogP contribution in [0.5, 0.6) is 0 Å². The molecule has 1 aliphatic rings. The average molecular weight is 274 g/mol. The number of aliphatic hydroxyl groups is 1. The summed E-state index contributed by atoms with van der Waals surface area (Å²) in [5, 5.41) is 9.66. The van der Waals surface area contributed by atoms with E-state index in [4.69, 9.17) is 5.73 Å². The summed E-state index contributed by atoms with van der Waals surface area (Å²) < 4.78 is 25.8. The van der Waals surface area contributed by atoms with Crippen LogP contribution in [-0.4, -0.2) is 53.0 Å². The van der Waals surface area contributed by atoms with Crippen LogP contribution in [0.25, 0.3) is 0 Å². The number of nitrogens with one attached hydrogen (secondary N) is 1. The van der Waals surface area contributed by atoms with Crippen molar-refractivity contribution in [3.05, 3.63) is 12.0 Å². The van der Waals surface area contributed by atoms with E-state index in [1.54, 1.807) is 0 Å². The molecule has 0 amide bonds. The molecule has 102 valence electrons. The van der Waals surface area contributed by atoms with Gasteiger partial charge in [0.05, 0.1) is 12.3 Å². The zero-order valence-electron chi connectivity index (χ0n) is 10.2. The van der Waals surface area contributed by atoms with Gasteiger partial charge in [0.15, 0.2) is 5.03 Å². The summed E-state index contributed by atoms with van der Waals surface area (Å²) >= 11 is 0. The van der Waals surface area contributed by atoms with E-state index >= 15 is 0 Å². The topological polar surface area (TPSA) is 112 Å². The van der Waals surface area contributed by atoms with E-state index in [2.05, 4.69) is 9.97 Å². The number of aryl methyl sites for hydroxylation is 1. The molecule has 7 nitrogen and oxygen atoms in total. The number of hydrogen-bond donors (Lipinski definition) is 3. The largest absolute Gasteiger partial charge is 0.392 e. The van der Waals surface area contributed by atoms with Crippen molar-refractivity contribution in [2.75, 3.05) is 13.1 Å². The van der Waals surface area contributed by atoms with Crippen molar-refractivity contribution in [1.29, 1.82) is 0 Å². The molecule has 8 heteroatoms. The van der Waals surface area contributed by atoms with Gasteiger partial charge < -0.3 is 15.8 Å². The Morgan fingerprint density at radius 2 is 2.33 bits per heavy atom. The minimum Gasteiger partial charge on any atom is -0.392 e. The third-order valence-electron chi connectivity index (χ3n) is 2.99. The van der Waals surface area contributed by atoms with Gasteiger partial charge in [-0.2, -0.15) is 4.31 Å². The summed E-state index contributed by atoms with van der Waals surface area (Å²) in [5.74, 6) is 0.621. The smallest absolute Gasteiger partial charge is 0.260 e. The minimum absolute atomic E-state index is 0.0562. The number of imidazole rings is 1. The summed E-state index contributed by atoms with van der Waals surface area (Å²) in [4.78, 5) is 6.75. The second-order valence-corrected chi connectivity index (χ2v) is 6.43. The lowest BCUT2D eigenvalue weighted by Gasteiger charge is -2.32. The lowest BCUT2D eigenvalue weighted by Crippen LogP contribution is -2.51. The Labute approximate surface area is 106 Å². The molecule has 1 fully saturated rings. The number of β-amino-alcohol motifs (C(OH)–C–C–N with tert-alkyl or cyclic N) is 1. The molecule has 0 unspecified atom stereocenters. The lowest BCUT2D eigenvalue weighted by atomic mass is 10.1. The highest BCUT2D eigenvalue weighted by molar-refractivity contribution is 7.89. The van der Waals surface area contributed by atoms with E-state index in [1.165, 1.54) is 10.5 Å². The fourth-order valence-corrected chi connectivity index (χ4v) is 3.53. The predicted molar refractivity (Wildman–Crippen MR) is 65.3 cm³/mol. The standard InChI is InChI=1S/C10H18N4O3S/c1-2-9-12-4-10(13-9)18(16,17)14-5-7(11)3-8(15)6-14/h4,7-8,15H,2-3,5-6,11H2,1H3,(H,12,13)/t7-,8+/m0/s1. The average Bonchev–Trinajstić information content (AvgIpc) is 2.76. The molecule has 2 rings (SSSR count). The predicted octanol–water partition coefficient (Wildman–Crippen LogP) is -0.945. The van der Waals surface area contributed by atoms with Crippen molar-refractivity contribution < 1.29 is 13.5 Å². The van der Waals surface area contributed by atoms with E-state index in [1.807, 2.05) is 6.92 Å². The number of H-pyrrole nitrogens is 1. The van der Waals surface area contributed by atoms with Crippen molar-refractivity contribution >= 4 is 10.0 Å². The van der Waals surface area contributed by atoms with Crippen LogP contribution in [0.2, 0.25) is 0 Å². The highest BCUT2D eigenvalue weighted by Crippen LogP contribution is 2.19. The molecule has 1 saturated heterocycles. The zero-order valence-corrected chi connectivity index (χ0v) is 11.0. The van der Waals surface area contributed by atoms with Crippen LogP contribution < -0.4 is 5.73 Å². The molecule has 2 atom stereocenters. The molecule has 1 aromatic heterocycles. The van der Waals surface area contributed by atoms with E-state index in [9.17, 15) is 13.5 Å². The third kappa shape index (κ3) is 2.56. The molecule has 2 heterocycles. The highest BCUT2D eigenvalue weighted by Gasteiger charge is 2.33. The molecule has 0 aromatic carbocycles. The number of nitrogens with zero attached hydrogens (tertiary/aromatic N) is 2. The molecule has 1 aliphatic heterocycles. The van der Waals surface area contributed by atoms with Crippen LogP contribution in [0.3, 0.4) is 0 Å². The van der Waals surface area contributed by atoms with Crippen molar-refractivity contribution in [3.63, 3.8) is 0 Å². The van der Waals surface area contributed by atoms with Gasteiger partial charge in [-0.05, 0) is 6.42 Å². The van der Waals surface area contributed by atoms with Gasteiger partial charge in [0.2, 0.25) is 0 Å². The first-order chi connectivity index (χ1) is 8.43. The second-order valence-electron chi connectivity index (χ2n) is 4.52. The number of sulfonamides is 1. The fraction of sp³-hybridized carbons (Fsp3) is 0.700. The number of rotatable bonds is 3.